The highest BCUT2D eigenvalue weighted by atomic mass is 19.1. The lowest BCUT2D eigenvalue weighted by Gasteiger charge is -2.13. The second-order valence-electron chi connectivity index (χ2n) is 5.47. The number of benzene rings is 3. The molecule has 3 aromatic rings. The molecule has 25 heavy (non-hydrogen) atoms. The number of carbonyl (C=O) groups excluding carboxylic acids is 3. The fourth-order valence-corrected chi connectivity index (χ4v) is 2.82. The van der Waals surface area contributed by atoms with E-state index in [1.807, 2.05) is 0 Å². The van der Waals surface area contributed by atoms with Crippen LogP contribution in [0.2, 0.25) is 0 Å². The molecule has 0 aliphatic carbocycles. The molecule has 0 N–H and O–H groups in total. The zero-order valence-corrected chi connectivity index (χ0v) is 12.7. The third-order valence-corrected chi connectivity index (χ3v) is 4.02. The molecule has 6 heteroatoms. The fraction of sp³-hybridized carbons (Fsp3) is 0. The zero-order chi connectivity index (χ0) is 17.6. The third kappa shape index (κ3) is 2.27. The predicted octanol–water partition coefficient (Wildman–Crippen LogP) is 3.35. The Bertz CT molecular complexity index is 1030. The second kappa shape index (κ2) is 5.52. The average Bonchev–Trinajstić information content (AvgIpc) is 2.87. The number of carbonyl (C=O) groups is 3. The van der Waals surface area contributed by atoms with E-state index in [0.717, 1.165) is 6.07 Å². The first-order valence-corrected chi connectivity index (χ1v) is 7.45. The van der Waals surface area contributed by atoms with Crippen LogP contribution < -0.4 is 0 Å². The molecule has 122 valence electrons. The molecule has 0 unspecified atom stereocenters. The Morgan fingerprint density at radius 1 is 0.800 bits per heavy atom. The minimum atomic E-state index is -0.911. The molecule has 0 saturated heterocycles. The van der Waals surface area contributed by atoms with Gasteiger partial charge in [-0.1, -0.05) is 41.5 Å². The van der Waals surface area contributed by atoms with E-state index in [4.69, 9.17) is 4.84 Å². The van der Waals surface area contributed by atoms with E-state index in [2.05, 4.69) is 0 Å². The van der Waals surface area contributed by atoms with Crippen molar-refractivity contribution in [3.05, 3.63) is 83.2 Å². The summed E-state index contributed by atoms with van der Waals surface area (Å²) in [6, 6.07) is 15.0. The summed E-state index contributed by atoms with van der Waals surface area (Å²) >= 11 is 0. The van der Waals surface area contributed by atoms with Gasteiger partial charge in [0.15, 0.2) is 0 Å². The summed E-state index contributed by atoms with van der Waals surface area (Å²) in [5.41, 5.74) is 0.405. The maximum atomic E-state index is 13.9. The van der Waals surface area contributed by atoms with Crippen molar-refractivity contribution in [1.82, 2.24) is 5.06 Å². The summed E-state index contributed by atoms with van der Waals surface area (Å²) < 4.78 is 13.9. The summed E-state index contributed by atoms with van der Waals surface area (Å²) in [5, 5.41) is 1.02. The Morgan fingerprint density at radius 2 is 1.36 bits per heavy atom. The number of halogens is 1. The smallest absolute Gasteiger partial charge is 0.324 e. The SMILES string of the molecule is O=C(ON1C(=O)c2ccccc2C1=O)c1ccc(F)c2ccccc12. The monoisotopic (exact) mass is 335 g/mol. The Labute approximate surface area is 141 Å². The molecule has 0 fully saturated rings. The third-order valence-electron chi connectivity index (χ3n) is 4.02. The van der Waals surface area contributed by atoms with Crippen LogP contribution in [-0.4, -0.2) is 22.8 Å². The Balaban J connectivity index is 1.70. The van der Waals surface area contributed by atoms with Crippen LogP contribution in [0.5, 0.6) is 0 Å². The molecule has 1 aliphatic heterocycles. The van der Waals surface area contributed by atoms with Crippen molar-refractivity contribution in [3.8, 4) is 0 Å². The molecule has 0 atom stereocenters. The van der Waals surface area contributed by atoms with Crippen molar-refractivity contribution in [1.29, 1.82) is 0 Å². The van der Waals surface area contributed by atoms with Crippen molar-refractivity contribution >= 4 is 28.6 Å². The molecular formula is C19H10FNO4. The van der Waals surface area contributed by atoms with Gasteiger partial charge in [-0.05, 0) is 29.7 Å². The molecule has 1 aliphatic rings. The van der Waals surface area contributed by atoms with Gasteiger partial charge < -0.3 is 4.84 Å². The van der Waals surface area contributed by atoms with Crippen molar-refractivity contribution in [2.24, 2.45) is 0 Å². The average molecular weight is 335 g/mol. The normalized spacial score (nSPS) is 13.2. The minimum Gasteiger partial charge on any atom is -0.324 e. The van der Waals surface area contributed by atoms with E-state index >= 15 is 0 Å². The van der Waals surface area contributed by atoms with Gasteiger partial charge in [-0.2, -0.15) is 0 Å². The van der Waals surface area contributed by atoms with E-state index in [1.54, 1.807) is 30.3 Å². The van der Waals surface area contributed by atoms with Gasteiger partial charge >= 0.3 is 5.97 Å². The molecule has 0 spiro atoms. The number of hydroxylamine groups is 2. The van der Waals surface area contributed by atoms with Crippen LogP contribution in [0.4, 0.5) is 4.39 Å². The van der Waals surface area contributed by atoms with Gasteiger partial charge in [0.25, 0.3) is 11.8 Å². The second-order valence-corrected chi connectivity index (χ2v) is 5.47. The Kier molecular flexibility index (Phi) is 3.32. The quantitative estimate of drug-likeness (QED) is 0.674. The minimum absolute atomic E-state index is 0.0635. The van der Waals surface area contributed by atoms with E-state index in [1.165, 1.54) is 24.3 Å². The highest BCUT2D eigenvalue weighted by molar-refractivity contribution is 6.21. The van der Waals surface area contributed by atoms with Gasteiger partial charge in [0.2, 0.25) is 0 Å². The standard InChI is InChI=1S/C19H10FNO4/c20-16-10-9-15(11-5-1-2-6-12(11)16)19(24)25-21-17(22)13-7-3-4-8-14(13)18(21)23/h1-10H. The van der Waals surface area contributed by atoms with Gasteiger partial charge in [0.05, 0.1) is 16.7 Å². The number of imide groups is 1. The zero-order valence-electron chi connectivity index (χ0n) is 12.7. The number of amides is 2. The van der Waals surface area contributed by atoms with E-state index in [-0.39, 0.29) is 22.1 Å². The van der Waals surface area contributed by atoms with Gasteiger partial charge in [-0.15, -0.1) is 0 Å². The first-order valence-electron chi connectivity index (χ1n) is 7.45. The van der Waals surface area contributed by atoms with Crippen LogP contribution in [0.25, 0.3) is 10.8 Å². The summed E-state index contributed by atoms with van der Waals surface area (Å²) in [4.78, 5) is 42.0. The molecule has 0 radical (unpaired) electrons. The van der Waals surface area contributed by atoms with E-state index < -0.39 is 23.6 Å². The molecule has 0 aromatic heterocycles. The van der Waals surface area contributed by atoms with Crippen molar-refractivity contribution in [3.63, 3.8) is 0 Å². The lowest BCUT2D eigenvalue weighted by Crippen LogP contribution is -2.32. The molecule has 0 saturated carbocycles. The van der Waals surface area contributed by atoms with Crippen molar-refractivity contribution in [2.45, 2.75) is 0 Å². The Hall–Kier alpha value is -3.54. The summed E-state index contributed by atoms with van der Waals surface area (Å²) in [5.74, 6) is -2.81. The van der Waals surface area contributed by atoms with Gasteiger partial charge in [0.1, 0.15) is 5.82 Å². The van der Waals surface area contributed by atoms with Gasteiger partial charge in [0, 0.05) is 5.39 Å². The predicted molar refractivity (Wildman–Crippen MR) is 86.3 cm³/mol. The summed E-state index contributed by atoms with van der Waals surface area (Å²) in [6.45, 7) is 0. The molecule has 5 nitrogen and oxygen atoms in total. The van der Waals surface area contributed by atoms with Crippen molar-refractivity contribution < 1.29 is 23.6 Å². The summed E-state index contributed by atoms with van der Waals surface area (Å²) in [6.07, 6.45) is 0. The number of rotatable bonds is 2. The lowest BCUT2D eigenvalue weighted by atomic mass is 10.0. The highest BCUT2D eigenvalue weighted by Gasteiger charge is 2.39. The van der Waals surface area contributed by atoms with E-state index in [9.17, 15) is 18.8 Å². The molecular weight excluding hydrogens is 325 g/mol. The van der Waals surface area contributed by atoms with Gasteiger partial charge in [-0.3, -0.25) is 9.59 Å². The van der Waals surface area contributed by atoms with Crippen LogP contribution in [-0.2, 0) is 4.84 Å². The number of hydrogen-bond donors (Lipinski definition) is 0. The first kappa shape index (κ1) is 15.0. The Morgan fingerprint density at radius 3 is 2.00 bits per heavy atom. The molecule has 2 amide bonds. The maximum Gasteiger partial charge on any atom is 0.364 e. The topological polar surface area (TPSA) is 63.7 Å². The first-order chi connectivity index (χ1) is 12.1. The maximum absolute atomic E-state index is 13.9. The lowest BCUT2D eigenvalue weighted by molar-refractivity contribution is -0.0583. The number of hydrogen-bond acceptors (Lipinski definition) is 4. The van der Waals surface area contributed by atoms with Crippen molar-refractivity contribution in [2.75, 3.05) is 0 Å². The van der Waals surface area contributed by atoms with Crippen LogP contribution in [0.3, 0.4) is 0 Å². The van der Waals surface area contributed by atoms with Gasteiger partial charge in [-0.25, -0.2) is 9.18 Å². The molecule has 4 rings (SSSR count). The van der Waals surface area contributed by atoms with Crippen LogP contribution in [0, 0.1) is 5.82 Å². The molecule has 1 heterocycles. The fourth-order valence-electron chi connectivity index (χ4n) is 2.82. The van der Waals surface area contributed by atoms with E-state index in [0.29, 0.717) is 10.4 Å². The van der Waals surface area contributed by atoms with Crippen LogP contribution in [0.15, 0.2) is 60.7 Å². The summed E-state index contributed by atoms with van der Waals surface area (Å²) in [7, 11) is 0. The van der Waals surface area contributed by atoms with Crippen LogP contribution in [0.1, 0.15) is 31.1 Å². The molecule has 3 aromatic carbocycles. The molecule has 0 bridgehead atoms. The van der Waals surface area contributed by atoms with Crippen LogP contribution >= 0.6 is 0 Å². The number of fused-ring (bicyclic) bond motifs is 2. The largest absolute Gasteiger partial charge is 0.364 e. The number of nitrogens with zero attached hydrogens (tertiary/aromatic N) is 1. The highest BCUT2D eigenvalue weighted by Crippen LogP contribution is 2.26.